The third-order valence-corrected chi connectivity index (χ3v) is 4.11. The smallest absolute Gasteiger partial charge is 0.338 e. The number of H-pyrrole nitrogens is 1. The highest BCUT2D eigenvalue weighted by atomic mass is 19.1. The predicted molar refractivity (Wildman–Crippen MR) is 98.2 cm³/mol. The molecule has 1 amide bonds. The van der Waals surface area contributed by atoms with Crippen molar-refractivity contribution < 1.29 is 23.5 Å². The van der Waals surface area contributed by atoms with E-state index in [9.17, 15) is 14.0 Å². The van der Waals surface area contributed by atoms with Crippen LogP contribution in [-0.4, -0.2) is 37.1 Å². The van der Waals surface area contributed by atoms with Crippen molar-refractivity contribution in [3.63, 3.8) is 0 Å². The molecule has 2 aromatic carbocycles. The van der Waals surface area contributed by atoms with Gasteiger partial charge in [0.05, 0.1) is 12.7 Å². The first-order chi connectivity index (χ1) is 13.1. The molecule has 0 aliphatic rings. The van der Waals surface area contributed by atoms with Gasteiger partial charge in [0, 0.05) is 23.6 Å². The molecule has 1 aromatic heterocycles. The van der Waals surface area contributed by atoms with Crippen LogP contribution in [0.4, 0.5) is 4.39 Å². The van der Waals surface area contributed by atoms with Crippen molar-refractivity contribution in [3.05, 3.63) is 65.6 Å². The summed E-state index contributed by atoms with van der Waals surface area (Å²) in [6.45, 7) is -0.0181. The third kappa shape index (κ3) is 4.44. The lowest BCUT2D eigenvalue weighted by atomic mass is 10.1. The molecule has 3 rings (SSSR count). The van der Waals surface area contributed by atoms with E-state index in [1.165, 1.54) is 19.2 Å². The molecule has 0 saturated carbocycles. The summed E-state index contributed by atoms with van der Waals surface area (Å²) in [5.74, 6) is -1.84. The number of carbonyl (C=O) groups excluding carboxylic acids is 2. The molecule has 0 unspecified atom stereocenters. The lowest BCUT2D eigenvalue weighted by Crippen LogP contribution is -2.30. The Morgan fingerprint density at radius 1 is 1.19 bits per heavy atom. The lowest BCUT2D eigenvalue weighted by Gasteiger charge is -2.07. The highest BCUT2D eigenvalue weighted by Crippen LogP contribution is 2.18. The van der Waals surface area contributed by atoms with E-state index < -0.39 is 24.3 Å². The number of fused-ring (bicyclic) bond motifs is 1. The fourth-order valence-electron chi connectivity index (χ4n) is 2.73. The topological polar surface area (TPSA) is 80.4 Å². The van der Waals surface area contributed by atoms with Crippen LogP contribution < -0.4 is 10.1 Å². The summed E-state index contributed by atoms with van der Waals surface area (Å²) in [7, 11) is 1.33. The van der Waals surface area contributed by atoms with Gasteiger partial charge in [-0.3, -0.25) is 4.79 Å². The maximum absolute atomic E-state index is 13.6. The maximum atomic E-state index is 13.6. The quantitative estimate of drug-likeness (QED) is 0.627. The van der Waals surface area contributed by atoms with Gasteiger partial charge in [-0.2, -0.15) is 0 Å². The normalized spacial score (nSPS) is 10.6. The zero-order chi connectivity index (χ0) is 19.2. The fraction of sp³-hybridized carbons (Fsp3) is 0.200. The van der Waals surface area contributed by atoms with E-state index in [1.807, 2.05) is 30.5 Å². The molecule has 7 heteroatoms. The highest BCUT2D eigenvalue weighted by molar-refractivity contribution is 5.91. The molecule has 140 valence electrons. The first kappa shape index (κ1) is 18.4. The second-order valence-corrected chi connectivity index (χ2v) is 5.88. The molecule has 27 heavy (non-hydrogen) atoms. The number of carbonyl (C=O) groups is 2. The Balaban J connectivity index is 1.45. The molecule has 3 aromatic rings. The third-order valence-electron chi connectivity index (χ3n) is 4.11. The maximum Gasteiger partial charge on any atom is 0.338 e. The van der Waals surface area contributed by atoms with Crippen LogP contribution in [0.2, 0.25) is 0 Å². The van der Waals surface area contributed by atoms with Gasteiger partial charge in [0.15, 0.2) is 18.2 Å². The van der Waals surface area contributed by atoms with Crippen molar-refractivity contribution in [1.29, 1.82) is 0 Å². The number of benzene rings is 2. The molecule has 0 spiro atoms. The number of nitrogens with one attached hydrogen (secondary N) is 2. The van der Waals surface area contributed by atoms with E-state index in [-0.39, 0.29) is 11.3 Å². The second kappa shape index (κ2) is 8.35. The van der Waals surface area contributed by atoms with Crippen molar-refractivity contribution in [2.24, 2.45) is 0 Å². The van der Waals surface area contributed by atoms with Crippen LogP contribution in [0.5, 0.6) is 5.75 Å². The number of amides is 1. The minimum atomic E-state index is -0.775. The number of hydrogen-bond donors (Lipinski definition) is 2. The Labute approximate surface area is 155 Å². The molecule has 0 radical (unpaired) electrons. The van der Waals surface area contributed by atoms with Crippen molar-refractivity contribution in [2.45, 2.75) is 6.42 Å². The van der Waals surface area contributed by atoms with E-state index >= 15 is 0 Å². The van der Waals surface area contributed by atoms with E-state index in [0.29, 0.717) is 13.0 Å². The minimum Gasteiger partial charge on any atom is -0.494 e. The molecule has 0 atom stereocenters. The van der Waals surface area contributed by atoms with Crippen LogP contribution in [0, 0.1) is 5.82 Å². The van der Waals surface area contributed by atoms with Crippen LogP contribution in [0.1, 0.15) is 15.9 Å². The average molecular weight is 370 g/mol. The monoisotopic (exact) mass is 370 g/mol. The summed E-state index contributed by atoms with van der Waals surface area (Å²) in [5.41, 5.74) is 2.15. The first-order valence-corrected chi connectivity index (χ1v) is 8.41. The second-order valence-electron chi connectivity index (χ2n) is 5.88. The Hall–Kier alpha value is -3.35. The molecule has 1 heterocycles. The number of aromatic amines is 1. The zero-order valence-corrected chi connectivity index (χ0v) is 14.8. The van der Waals surface area contributed by atoms with Gasteiger partial charge in [-0.15, -0.1) is 0 Å². The van der Waals surface area contributed by atoms with E-state index in [2.05, 4.69) is 10.3 Å². The highest BCUT2D eigenvalue weighted by Gasteiger charge is 2.13. The van der Waals surface area contributed by atoms with E-state index in [1.54, 1.807) is 0 Å². The van der Waals surface area contributed by atoms with Crippen molar-refractivity contribution >= 4 is 22.8 Å². The van der Waals surface area contributed by atoms with Gasteiger partial charge in [0.25, 0.3) is 5.91 Å². The van der Waals surface area contributed by atoms with Crippen LogP contribution >= 0.6 is 0 Å². The number of methoxy groups -OCH3 is 1. The lowest BCUT2D eigenvalue weighted by molar-refractivity contribution is -0.124. The molecule has 0 aliphatic heterocycles. The predicted octanol–water partition coefficient (Wildman–Crippen LogP) is 2.83. The van der Waals surface area contributed by atoms with Crippen LogP contribution in [0.15, 0.2) is 48.7 Å². The standard InChI is InChI=1S/C20H19FN2O4/c1-26-18-7-6-13(10-16(18)21)20(25)27-12-19(24)22-9-8-14-11-23-17-5-3-2-4-15(14)17/h2-7,10-11,23H,8-9,12H2,1H3,(H,22,24). The first-order valence-electron chi connectivity index (χ1n) is 8.41. The summed E-state index contributed by atoms with van der Waals surface area (Å²) in [6, 6.07) is 11.6. The van der Waals surface area contributed by atoms with Crippen LogP contribution in [-0.2, 0) is 16.0 Å². The number of esters is 1. The minimum absolute atomic E-state index is 0.0138. The van der Waals surface area contributed by atoms with Crippen molar-refractivity contribution in [3.8, 4) is 5.75 Å². The molecule has 0 fully saturated rings. The van der Waals surface area contributed by atoms with Gasteiger partial charge in [-0.25, -0.2) is 9.18 Å². The average Bonchev–Trinajstić information content (AvgIpc) is 3.09. The SMILES string of the molecule is COc1ccc(C(=O)OCC(=O)NCCc2c[nH]c3ccccc23)cc1F. The van der Waals surface area contributed by atoms with Gasteiger partial charge in [0.1, 0.15) is 0 Å². The molecule has 0 bridgehead atoms. The summed E-state index contributed by atoms with van der Waals surface area (Å²) < 4.78 is 23.3. The van der Waals surface area contributed by atoms with Crippen LogP contribution in [0.25, 0.3) is 10.9 Å². The van der Waals surface area contributed by atoms with Gasteiger partial charge < -0.3 is 19.8 Å². The van der Waals surface area contributed by atoms with Gasteiger partial charge in [-0.05, 0) is 36.2 Å². The summed E-state index contributed by atoms with van der Waals surface area (Å²) in [5, 5.41) is 3.81. The number of ether oxygens (including phenoxy) is 2. The Kier molecular flexibility index (Phi) is 5.71. The molecular weight excluding hydrogens is 351 g/mol. The van der Waals surface area contributed by atoms with Gasteiger partial charge >= 0.3 is 5.97 Å². The number of rotatable bonds is 7. The Morgan fingerprint density at radius 3 is 2.78 bits per heavy atom. The van der Waals surface area contributed by atoms with E-state index in [4.69, 9.17) is 9.47 Å². The van der Waals surface area contributed by atoms with Crippen molar-refractivity contribution in [1.82, 2.24) is 10.3 Å². The number of halogens is 1. The van der Waals surface area contributed by atoms with Gasteiger partial charge in [-0.1, -0.05) is 18.2 Å². The van der Waals surface area contributed by atoms with Crippen LogP contribution in [0.3, 0.4) is 0 Å². The molecule has 0 saturated heterocycles. The zero-order valence-electron chi connectivity index (χ0n) is 14.8. The van der Waals surface area contributed by atoms with Gasteiger partial charge in [0.2, 0.25) is 0 Å². The Morgan fingerprint density at radius 2 is 2.00 bits per heavy atom. The fourth-order valence-corrected chi connectivity index (χ4v) is 2.73. The Bertz CT molecular complexity index is 968. The molecular formula is C20H19FN2O4. The number of aromatic nitrogens is 1. The van der Waals surface area contributed by atoms with E-state index in [0.717, 1.165) is 22.5 Å². The number of para-hydroxylation sites is 1. The number of hydrogen-bond acceptors (Lipinski definition) is 4. The summed E-state index contributed by atoms with van der Waals surface area (Å²) in [4.78, 5) is 26.9. The molecule has 2 N–H and O–H groups in total. The summed E-state index contributed by atoms with van der Waals surface area (Å²) in [6.07, 6.45) is 2.56. The summed E-state index contributed by atoms with van der Waals surface area (Å²) >= 11 is 0. The largest absolute Gasteiger partial charge is 0.494 e. The molecule has 0 aliphatic carbocycles. The van der Waals surface area contributed by atoms with Crippen molar-refractivity contribution in [2.75, 3.05) is 20.3 Å². The molecule has 6 nitrogen and oxygen atoms in total.